The molecule has 3 rings (SSSR count). The molecule has 0 aromatic heterocycles. The summed E-state index contributed by atoms with van der Waals surface area (Å²) in [6.07, 6.45) is -1.47. The van der Waals surface area contributed by atoms with Gasteiger partial charge in [0, 0.05) is 18.7 Å². The van der Waals surface area contributed by atoms with Crippen molar-refractivity contribution < 1.29 is 29.3 Å². The van der Waals surface area contributed by atoms with E-state index in [0.29, 0.717) is 0 Å². The molecule has 2 saturated heterocycles. The van der Waals surface area contributed by atoms with Crippen molar-refractivity contribution in [3.05, 3.63) is 12.2 Å². The number of hydrogen-bond acceptors (Lipinski definition) is 7. The lowest BCUT2D eigenvalue weighted by Crippen LogP contribution is -2.67. The van der Waals surface area contributed by atoms with Crippen molar-refractivity contribution in [1.82, 2.24) is 4.90 Å². The van der Waals surface area contributed by atoms with E-state index < -0.39 is 42.0 Å². The zero-order valence-corrected chi connectivity index (χ0v) is 9.93. The van der Waals surface area contributed by atoms with Crippen LogP contribution in [0.25, 0.3) is 0 Å². The third kappa shape index (κ3) is 1.58. The second-order valence-electron chi connectivity index (χ2n) is 4.87. The van der Waals surface area contributed by atoms with E-state index in [0.717, 1.165) is 17.1 Å². The van der Waals surface area contributed by atoms with Crippen LogP contribution in [-0.4, -0.2) is 70.2 Å². The summed E-state index contributed by atoms with van der Waals surface area (Å²) < 4.78 is 10.8. The van der Waals surface area contributed by atoms with Gasteiger partial charge in [-0.25, -0.2) is 0 Å². The van der Waals surface area contributed by atoms with Gasteiger partial charge in [0.2, 0.25) is 0 Å². The van der Waals surface area contributed by atoms with Gasteiger partial charge in [-0.05, 0) is 0 Å². The fourth-order valence-electron chi connectivity index (χ4n) is 2.71. The Morgan fingerprint density at radius 3 is 2.58 bits per heavy atom. The Morgan fingerprint density at radius 2 is 2.00 bits per heavy atom. The molecule has 0 aliphatic carbocycles. The summed E-state index contributed by atoms with van der Waals surface area (Å²) in [6, 6.07) is -1.08. The minimum absolute atomic E-state index is 0.00649. The quantitative estimate of drug-likeness (QED) is 0.459. The van der Waals surface area contributed by atoms with E-state index in [1.54, 1.807) is 0 Å². The van der Waals surface area contributed by atoms with Gasteiger partial charge in [-0.3, -0.25) is 14.5 Å². The highest BCUT2D eigenvalue weighted by Gasteiger charge is 2.61. The molecule has 2 unspecified atom stereocenters. The number of aliphatic hydroxyl groups excluding tert-OH is 2. The van der Waals surface area contributed by atoms with Gasteiger partial charge in [0.25, 0.3) is 11.8 Å². The second kappa shape index (κ2) is 4.09. The van der Waals surface area contributed by atoms with Crippen LogP contribution in [0.4, 0.5) is 0 Å². The molecule has 0 saturated carbocycles. The largest absolute Gasteiger partial charge is 0.388 e. The molecule has 3 aliphatic rings. The number of nitrogens with two attached hydrogens (primary N) is 1. The van der Waals surface area contributed by atoms with Crippen LogP contribution in [0, 0.1) is 0 Å². The fourth-order valence-corrected chi connectivity index (χ4v) is 2.71. The molecule has 3 aliphatic heterocycles. The van der Waals surface area contributed by atoms with Crippen LogP contribution in [-0.2, 0) is 19.1 Å². The van der Waals surface area contributed by atoms with Gasteiger partial charge in [0.15, 0.2) is 6.29 Å². The fraction of sp³-hybridized carbons (Fsp3) is 0.636. The molecule has 0 aromatic rings. The average molecular weight is 270 g/mol. The highest BCUT2D eigenvalue weighted by atomic mass is 16.7. The molecule has 104 valence electrons. The first kappa shape index (κ1) is 12.7. The Morgan fingerprint density at radius 1 is 1.37 bits per heavy atom. The summed E-state index contributed by atoms with van der Waals surface area (Å²) in [5.41, 5.74) is 4.36. The van der Waals surface area contributed by atoms with Crippen LogP contribution < -0.4 is 5.73 Å². The van der Waals surface area contributed by atoms with Crippen molar-refractivity contribution in [3.63, 3.8) is 0 Å². The number of aliphatic hydroxyl groups is 2. The van der Waals surface area contributed by atoms with Gasteiger partial charge in [0.1, 0.15) is 23.9 Å². The third-order valence-electron chi connectivity index (χ3n) is 3.82. The van der Waals surface area contributed by atoms with Gasteiger partial charge in [-0.1, -0.05) is 0 Å². The highest BCUT2D eigenvalue weighted by molar-refractivity contribution is 6.13. The van der Waals surface area contributed by atoms with Gasteiger partial charge in [-0.2, -0.15) is 0 Å². The SMILES string of the molecule is NC[C@@]12COC(O1)[C@H](N1C(=O)C=CC1=O)C(O)[C@H]2O. The standard InChI is InChI=1S/C11H14N2O6/c12-3-11-4-18-10(19-11)7(8(16)9(11)17)13-5(14)1-2-6(13)15/h1-2,7-10,16-17H,3-4,12H2/t7-,8?,9-,10?,11+/m1/s1. The molecule has 2 amide bonds. The number of imide groups is 1. The molecular weight excluding hydrogens is 256 g/mol. The maximum absolute atomic E-state index is 11.7. The van der Waals surface area contributed by atoms with Crippen LogP contribution in [0.15, 0.2) is 12.2 Å². The normalized spacial score (nSPS) is 45.3. The molecular formula is C11H14N2O6. The van der Waals surface area contributed by atoms with E-state index >= 15 is 0 Å². The molecule has 8 heteroatoms. The first-order chi connectivity index (χ1) is 9.00. The Hall–Kier alpha value is -1.32. The molecule has 0 radical (unpaired) electrons. The minimum Gasteiger partial charge on any atom is -0.388 e. The zero-order valence-electron chi connectivity index (χ0n) is 9.93. The van der Waals surface area contributed by atoms with E-state index in [4.69, 9.17) is 15.2 Å². The number of nitrogens with zero attached hydrogens (tertiary/aromatic N) is 1. The highest BCUT2D eigenvalue weighted by Crippen LogP contribution is 2.38. The molecule has 19 heavy (non-hydrogen) atoms. The number of hydrogen-bond donors (Lipinski definition) is 3. The van der Waals surface area contributed by atoms with Crippen molar-refractivity contribution in [3.8, 4) is 0 Å². The summed E-state index contributed by atoms with van der Waals surface area (Å²) in [5.74, 6) is -1.14. The zero-order chi connectivity index (χ0) is 13.8. The van der Waals surface area contributed by atoms with Gasteiger partial charge < -0.3 is 25.4 Å². The number of amides is 2. The Bertz CT molecular complexity index is 448. The summed E-state index contributed by atoms with van der Waals surface area (Å²) >= 11 is 0. The summed E-state index contributed by atoms with van der Waals surface area (Å²) in [5, 5.41) is 20.3. The number of carbonyl (C=O) groups excluding carboxylic acids is 2. The van der Waals surface area contributed by atoms with Gasteiger partial charge in [0.05, 0.1) is 6.61 Å². The lowest BCUT2D eigenvalue weighted by molar-refractivity contribution is -0.237. The lowest BCUT2D eigenvalue weighted by atomic mass is 9.87. The molecule has 4 N–H and O–H groups in total. The van der Waals surface area contributed by atoms with E-state index in [-0.39, 0.29) is 13.2 Å². The van der Waals surface area contributed by atoms with Crippen molar-refractivity contribution in [2.45, 2.75) is 30.1 Å². The van der Waals surface area contributed by atoms with E-state index in [1.807, 2.05) is 0 Å². The first-order valence-electron chi connectivity index (χ1n) is 5.91. The van der Waals surface area contributed by atoms with Crippen LogP contribution in [0.2, 0.25) is 0 Å². The van der Waals surface area contributed by atoms with Crippen molar-refractivity contribution in [2.75, 3.05) is 13.2 Å². The van der Waals surface area contributed by atoms with E-state index in [2.05, 4.69) is 0 Å². The third-order valence-corrected chi connectivity index (χ3v) is 3.82. The van der Waals surface area contributed by atoms with Crippen LogP contribution in [0.1, 0.15) is 0 Å². The summed E-state index contributed by atoms with van der Waals surface area (Å²) in [6.45, 7) is -0.0267. The minimum atomic E-state index is -1.36. The number of ether oxygens (including phenoxy) is 2. The number of carbonyl (C=O) groups is 2. The lowest BCUT2D eigenvalue weighted by Gasteiger charge is -2.44. The predicted octanol–water partition coefficient (Wildman–Crippen LogP) is -2.91. The van der Waals surface area contributed by atoms with E-state index in [9.17, 15) is 19.8 Å². The monoisotopic (exact) mass is 270 g/mol. The summed E-state index contributed by atoms with van der Waals surface area (Å²) in [4.78, 5) is 24.1. The van der Waals surface area contributed by atoms with Crippen LogP contribution >= 0.6 is 0 Å². The van der Waals surface area contributed by atoms with Gasteiger partial charge in [-0.15, -0.1) is 0 Å². The molecule has 0 spiro atoms. The topological polar surface area (TPSA) is 122 Å². The van der Waals surface area contributed by atoms with Gasteiger partial charge >= 0.3 is 0 Å². The average Bonchev–Trinajstić information content (AvgIpc) is 2.94. The van der Waals surface area contributed by atoms with Crippen LogP contribution in [0.5, 0.6) is 0 Å². The Balaban J connectivity index is 1.92. The molecule has 8 nitrogen and oxygen atoms in total. The van der Waals surface area contributed by atoms with Crippen LogP contribution in [0.3, 0.4) is 0 Å². The maximum atomic E-state index is 11.7. The van der Waals surface area contributed by atoms with Crippen molar-refractivity contribution in [2.24, 2.45) is 5.73 Å². The maximum Gasteiger partial charge on any atom is 0.254 e. The molecule has 2 fully saturated rings. The number of fused-ring (bicyclic) bond motifs is 2. The Labute approximate surface area is 108 Å². The van der Waals surface area contributed by atoms with Crippen molar-refractivity contribution in [1.29, 1.82) is 0 Å². The predicted molar refractivity (Wildman–Crippen MR) is 59.4 cm³/mol. The Kier molecular flexibility index (Phi) is 2.73. The molecule has 2 bridgehead atoms. The summed E-state index contributed by atoms with van der Waals surface area (Å²) in [7, 11) is 0. The molecule has 5 atom stereocenters. The number of rotatable bonds is 2. The van der Waals surface area contributed by atoms with E-state index in [1.165, 1.54) is 0 Å². The second-order valence-corrected chi connectivity index (χ2v) is 4.87. The molecule has 0 aromatic carbocycles. The smallest absolute Gasteiger partial charge is 0.254 e. The molecule has 3 heterocycles. The van der Waals surface area contributed by atoms with Crippen molar-refractivity contribution >= 4 is 11.8 Å². The first-order valence-corrected chi connectivity index (χ1v) is 5.91.